The van der Waals surface area contributed by atoms with Gasteiger partial charge in [-0.3, -0.25) is 0 Å². The minimum Gasteiger partial charge on any atom is -0.207 e. The quantitative estimate of drug-likeness (QED) is 0.867. The minimum atomic E-state index is -4.47. The van der Waals surface area contributed by atoms with E-state index in [4.69, 9.17) is 0 Å². The van der Waals surface area contributed by atoms with Crippen LogP contribution in [-0.2, 0) is 22.6 Å². The Kier molecular flexibility index (Phi) is 5.35. The van der Waals surface area contributed by atoms with Crippen LogP contribution in [0, 0.1) is 0 Å². The van der Waals surface area contributed by atoms with Crippen LogP contribution in [-0.4, -0.2) is 8.42 Å². The molecule has 0 saturated heterocycles. The molecule has 0 heterocycles. The van der Waals surface area contributed by atoms with E-state index >= 15 is 0 Å². The fraction of sp³-hybridized carbons (Fsp3) is 0.294. The largest absolute Gasteiger partial charge is 0.416 e. The molecule has 0 aromatic heterocycles. The summed E-state index contributed by atoms with van der Waals surface area (Å²) in [6, 6.07) is 10.2. The molecule has 0 bridgehead atoms. The van der Waals surface area contributed by atoms with E-state index in [2.05, 4.69) is 4.72 Å². The fourth-order valence-corrected chi connectivity index (χ4v) is 3.49. The van der Waals surface area contributed by atoms with Crippen LogP contribution in [0.5, 0.6) is 0 Å². The van der Waals surface area contributed by atoms with Crippen LogP contribution in [0.15, 0.2) is 53.4 Å². The topological polar surface area (TPSA) is 46.2 Å². The smallest absolute Gasteiger partial charge is 0.207 e. The van der Waals surface area contributed by atoms with Crippen molar-refractivity contribution in [1.29, 1.82) is 0 Å². The number of nitrogens with one attached hydrogen (secondary N) is 1. The molecule has 0 spiro atoms. The Morgan fingerprint density at radius 3 is 2.25 bits per heavy atom. The Balaban J connectivity index is 2.23. The van der Waals surface area contributed by atoms with Crippen LogP contribution in [0.3, 0.4) is 0 Å². The van der Waals surface area contributed by atoms with Crippen molar-refractivity contribution < 1.29 is 21.6 Å². The Morgan fingerprint density at radius 2 is 1.71 bits per heavy atom. The van der Waals surface area contributed by atoms with Gasteiger partial charge in [0.25, 0.3) is 0 Å². The van der Waals surface area contributed by atoms with E-state index in [1.54, 1.807) is 12.1 Å². The number of rotatable bonds is 5. The van der Waals surface area contributed by atoms with E-state index in [0.29, 0.717) is 0 Å². The van der Waals surface area contributed by atoms with Gasteiger partial charge in [0.15, 0.2) is 0 Å². The van der Waals surface area contributed by atoms with Gasteiger partial charge in [-0.25, -0.2) is 13.1 Å². The highest BCUT2D eigenvalue weighted by molar-refractivity contribution is 7.89. The molecule has 0 saturated carbocycles. The highest BCUT2D eigenvalue weighted by Gasteiger charge is 2.31. The first-order valence-electron chi connectivity index (χ1n) is 7.42. The molecule has 2 aromatic rings. The number of alkyl halides is 3. The van der Waals surface area contributed by atoms with E-state index in [1.807, 2.05) is 6.92 Å². The maximum atomic E-state index is 12.8. The van der Waals surface area contributed by atoms with Gasteiger partial charge in [0, 0.05) is 6.04 Å². The standard InChI is InChI=1S/C17H18F3NO2S/c1-3-13-7-9-16(10-8-13)24(22,23)21-12(2)14-5-4-6-15(11-14)17(18,19)20/h4-12,21H,3H2,1-2H3. The Bertz CT molecular complexity index is 799. The van der Waals surface area contributed by atoms with E-state index in [-0.39, 0.29) is 10.5 Å². The average Bonchev–Trinajstić information content (AvgIpc) is 2.54. The molecular weight excluding hydrogens is 339 g/mol. The molecule has 1 N–H and O–H groups in total. The summed E-state index contributed by atoms with van der Waals surface area (Å²) in [5.41, 5.74) is 0.441. The summed E-state index contributed by atoms with van der Waals surface area (Å²) in [4.78, 5) is 0.0820. The molecule has 0 fully saturated rings. The second-order valence-electron chi connectivity index (χ2n) is 5.46. The molecular formula is C17H18F3NO2S. The number of aryl methyl sites for hydroxylation is 1. The summed E-state index contributed by atoms with van der Waals surface area (Å²) in [6.07, 6.45) is -3.68. The SMILES string of the molecule is CCc1ccc(S(=O)(=O)NC(C)c2cccc(C(F)(F)F)c2)cc1. The molecule has 7 heteroatoms. The summed E-state index contributed by atoms with van der Waals surface area (Å²) < 4.78 is 65.4. The van der Waals surface area contributed by atoms with E-state index < -0.39 is 27.8 Å². The number of sulfonamides is 1. The molecule has 2 rings (SSSR count). The predicted molar refractivity (Wildman–Crippen MR) is 86.0 cm³/mol. The first kappa shape index (κ1) is 18.5. The normalized spacial score (nSPS) is 13.7. The molecule has 0 aliphatic rings. The first-order chi connectivity index (χ1) is 11.1. The molecule has 2 aromatic carbocycles. The third kappa shape index (κ3) is 4.36. The van der Waals surface area contributed by atoms with Gasteiger partial charge in [-0.2, -0.15) is 13.2 Å². The molecule has 1 atom stereocenters. The number of halogens is 3. The summed E-state index contributed by atoms with van der Waals surface area (Å²) in [5, 5.41) is 0. The van der Waals surface area contributed by atoms with Gasteiger partial charge in [-0.05, 0) is 48.7 Å². The summed E-state index contributed by atoms with van der Waals surface area (Å²) in [7, 11) is -3.81. The maximum Gasteiger partial charge on any atom is 0.416 e. The highest BCUT2D eigenvalue weighted by atomic mass is 32.2. The fourth-order valence-electron chi connectivity index (χ4n) is 2.26. The van der Waals surface area contributed by atoms with Crippen molar-refractivity contribution >= 4 is 10.0 Å². The molecule has 130 valence electrons. The minimum absolute atomic E-state index is 0.0820. The van der Waals surface area contributed by atoms with Gasteiger partial charge in [0.2, 0.25) is 10.0 Å². The van der Waals surface area contributed by atoms with Crippen molar-refractivity contribution in [2.75, 3.05) is 0 Å². The van der Waals surface area contributed by atoms with Crippen molar-refractivity contribution in [3.8, 4) is 0 Å². The Labute approximate surface area is 139 Å². The van der Waals surface area contributed by atoms with Crippen molar-refractivity contribution in [1.82, 2.24) is 4.72 Å². The summed E-state index contributed by atoms with van der Waals surface area (Å²) in [5.74, 6) is 0. The predicted octanol–water partition coefficient (Wildman–Crippen LogP) is 4.31. The van der Waals surface area contributed by atoms with E-state index in [0.717, 1.165) is 24.1 Å². The van der Waals surface area contributed by atoms with E-state index in [1.165, 1.54) is 31.2 Å². The number of hydrogen-bond acceptors (Lipinski definition) is 2. The zero-order valence-electron chi connectivity index (χ0n) is 13.3. The molecule has 0 aliphatic heterocycles. The zero-order chi connectivity index (χ0) is 18.0. The van der Waals surface area contributed by atoms with Gasteiger partial charge in [0.1, 0.15) is 0 Å². The second kappa shape index (κ2) is 6.94. The molecule has 0 radical (unpaired) electrons. The van der Waals surface area contributed by atoms with Crippen LogP contribution < -0.4 is 4.72 Å². The average molecular weight is 357 g/mol. The van der Waals surface area contributed by atoms with Gasteiger partial charge >= 0.3 is 6.18 Å². The second-order valence-corrected chi connectivity index (χ2v) is 7.18. The Morgan fingerprint density at radius 1 is 1.08 bits per heavy atom. The van der Waals surface area contributed by atoms with Crippen molar-refractivity contribution in [3.05, 3.63) is 65.2 Å². The lowest BCUT2D eigenvalue weighted by atomic mass is 10.1. The van der Waals surface area contributed by atoms with Crippen LogP contribution in [0.4, 0.5) is 13.2 Å². The van der Waals surface area contributed by atoms with Crippen molar-refractivity contribution in [3.63, 3.8) is 0 Å². The van der Waals surface area contributed by atoms with E-state index in [9.17, 15) is 21.6 Å². The van der Waals surface area contributed by atoms with Crippen LogP contribution in [0.2, 0.25) is 0 Å². The Hall–Kier alpha value is -1.86. The van der Waals surface area contributed by atoms with Crippen LogP contribution >= 0.6 is 0 Å². The lowest BCUT2D eigenvalue weighted by Crippen LogP contribution is -2.27. The van der Waals surface area contributed by atoms with Gasteiger partial charge in [0.05, 0.1) is 10.5 Å². The molecule has 3 nitrogen and oxygen atoms in total. The van der Waals surface area contributed by atoms with Crippen molar-refractivity contribution in [2.45, 2.75) is 37.4 Å². The van der Waals surface area contributed by atoms with Crippen LogP contribution in [0.1, 0.15) is 36.6 Å². The first-order valence-corrected chi connectivity index (χ1v) is 8.90. The van der Waals surface area contributed by atoms with Gasteiger partial charge < -0.3 is 0 Å². The summed E-state index contributed by atoms with van der Waals surface area (Å²) in [6.45, 7) is 3.46. The lowest BCUT2D eigenvalue weighted by Gasteiger charge is -2.16. The van der Waals surface area contributed by atoms with Crippen LogP contribution in [0.25, 0.3) is 0 Å². The zero-order valence-corrected chi connectivity index (χ0v) is 14.1. The third-order valence-corrected chi connectivity index (χ3v) is 5.24. The molecule has 0 amide bonds. The molecule has 1 unspecified atom stereocenters. The maximum absolute atomic E-state index is 12.8. The monoisotopic (exact) mass is 357 g/mol. The lowest BCUT2D eigenvalue weighted by molar-refractivity contribution is -0.137. The molecule has 24 heavy (non-hydrogen) atoms. The highest BCUT2D eigenvalue weighted by Crippen LogP contribution is 2.31. The third-order valence-electron chi connectivity index (χ3n) is 3.69. The van der Waals surface area contributed by atoms with Gasteiger partial charge in [-0.1, -0.05) is 31.2 Å². The summed E-state index contributed by atoms with van der Waals surface area (Å²) >= 11 is 0. The number of hydrogen-bond donors (Lipinski definition) is 1. The van der Waals surface area contributed by atoms with Crippen molar-refractivity contribution in [2.24, 2.45) is 0 Å². The van der Waals surface area contributed by atoms with Gasteiger partial charge in [-0.15, -0.1) is 0 Å². The molecule has 0 aliphatic carbocycles. The number of benzene rings is 2.